The zero-order valence-corrected chi connectivity index (χ0v) is 9.60. The molecular formula is C12H11FO2S. The van der Waals surface area contributed by atoms with Gasteiger partial charge in [-0.15, -0.1) is 11.3 Å². The van der Waals surface area contributed by atoms with Crippen LogP contribution in [0.3, 0.4) is 0 Å². The van der Waals surface area contributed by atoms with Crippen molar-refractivity contribution in [1.29, 1.82) is 0 Å². The molecule has 0 unspecified atom stereocenters. The van der Waals surface area contributed by atoms with Gasteiger partial charge in [0.25, 0.3) is 0 Å². The molecule has 2 aromatic rings. The molecule has 16 heavy (non-hydrogen) atoms. The first-order valence-corrected chi connectivity index (χ1v) is 5.90. The number of halogens is 1. The molecule has 0 aliphatic rings. The van der Waals surface area contributed by atoms with Crippen LogP contribution in [-0.2, 0) is 6.42 Å². The first-order valence-electron chi connectivity index (χ1n) is 5.08. The van der Waals surface area contributed by atoms with Crippen LogP contribution in [0.2, 0.25) is 0 Å². The molecule has 0 spiro atoms. The maximum atomic E-state index is 13.5. The lowest BCUT2D eigenvalue weighted by Crippen LogP contribution is -1.97. The highest BCUT2D eigenvalue weighted by Gasteiger charge is 2.18. The Morgan fingerprint density at radius 2 is 2.25 bits per heavy atom. The Labute approximate surface area is 96.3 Å². The van der Waals surface area contributed by atoms with Crippen LogP contribution in [0, 0.1) is 5.82 Å². The number of carboxylic acids is 1. The Balaban J connectivity index is 2.75. The van der Waals surface area contributed by atoms with Crippen LogP contribution in [0.5, 0.6) is 0 Å². The smallest absolute Gasteiger partial charge is 0.346 e. The molecule has 1 heterocycles. The molecular weight excluding hydrogens is 227 g/mol. The van der Waals surface area contributed by atoms with Crippen LogP contribution >= 0.6 is 11.3 Å². The molecule has 0 fully saturated rings. The fraction of sp³-hybridized carbons (Fsp3) is 0.250. The van der Waals surface area contributed by atoms with Gasteiger partial charge in [-0.1, -0.05) is 25.5 Å². The first-order chi connectivity index (χ1) is 7.65. The van der Waals surface area contributed by atoms with Crippen molar-refractivity contribution in [2.45, 2.75) is 19.8 Å². The van der Waals surface area contributed by atoms with E-state index in [0.717, 1.165) is 28.7 Å². The van der Waals surface area contributed by atoms with E-state index in [0.29, 0.717) is 11.1 Å². The van der Waals surface area contributed by atoms with Crippen LogP contribution < -0.4 is 0 Å². The van der Waals surface area contributed by atoms with Crippen LogP contribution in [0.15, 0.2) is 18.2 Å². The standard InChI is InChI=1S/C12H11FO2S/c1-2-4-7-8-5-3-6-9(13)10(8)16-11(7)12(14)15/h3,5-6H,2,4H2,1H3,(H,14,15). The molecule has 0 amide bonds. The van der Waals surface area contributed by atoms with Gasteiger partial charge in [0.1, 0.15) is 10.7 Å². The SMILES string of the molecule is CCCc1c(C(=O)O)sc2c(F)cccc12. The van der Waals surface area contributed by atoms with E-state index < -0.39 is 5.97 Å². The highest BCUT2D eigenvalue weighted by molar-refractivity contribution is 7.21. The van der Waals surface area contributed by atoms with Gasteiger partial charge < -0.3 is 5.11 Å². The van der Waals surface area contributed by atoms with Crippen molar-refractivity contribution in [1.82, 2.24) is 0 Å². The van der Waals surface area contributed by atoms with Gasteiger partial charge in [-0.25, -0.2) is 9.18 Å². The van der Waals surface area contributed by atoms with E-state index in [4.69, 9.17) is 5.11 Å². The molecule has 0 bridgehead atoms. The predicted octanol–water partition coefficient (Wildman–Crippen LogP) is 3.69. The third-order valence-electron chi connectivity index (χ3n) is 2.46. The van der Waals surface area contributed by atoms with Crippen LogP contribution in [-0.4, -0.2) is 11.1 Å². The van der Waals surface area contributed by atoms with E-state index in [1.54, 1.807) is 12.1 Å². The number of aryl methyl sites for hydroxylation is 1. The second kappa shape index (κ2) is 4.22. The maximum Gasteiger partial charge on any atom is 0.346 e. The fourth-order valence-electron chi connectivity index (χ4n) is 1.81. The minimum absolute atomic E-state index is 0.266. The van der Waals surface area contributed by atoms with Gasteiger partial charge in [-0.2, -0.15) is 0 Å². The molecule has 1 aromatic carbocycles. The highest BCUT2D eigenvalue weighted by atomic mass is 32.1. The molecule has 84 valence electrons. The van der Waals surface area contributed by atoms with Crippen LogP contribution in [0.4, 0.5) is 4.39 Å². The van der Waals surface area contributed by atoms with Crippen molar-refractivity contribution in [3.63, 3.8) is 0 Å². The highest BCUT2D eigenvalue weighted by Crippen LogP contribution is 2.33. The number of hydrogen-bond acceptors (Lipinski definition) is 2. The minimum Gasteiger partial charge on any atom is -0.477 e. The van der Waals surface area contributed by atoms with E-state index in [1.807, 2.05) is 6.92 Å². The molecule has 0 saturated heterocycles. The number of benzene rings is 1. The molecule has 0 aliphatic heterocycles. The van der Waals surface area contributed by atoms with Gasteiger partial charge >= 0.3 is 5.97 Å². The summed E-state index contributed by atoms with van der Waals surface area (Å²) in [5.74, 6) is -1.31. The number of carboxylic acid groups (broad SMARTS) is 1. The number of aromatic carboxylic acids is 1. The summed E-state index contributed by atoms with van der Waals surface area (Å²) in [6, 6.07) is 4.77. The zero-order chi connectivity index (χ0) is 11.7. The summed E-state index contributed by atoms with van der Waals surface area (Å²) in [7, 11) is 0. The number of hydrogen-bond donors (Lipinski definition) is 1. The zero-order valence-electron chi connectivity index (χ0n) is 8.79. The minimum atomic E-state index is -0.968. The molecule has 4 heteroatoms. The lowest BCUT2D eigenvalue weighted by molar-refractivity contribution is 0.0701. The summed E-state index contributed by atoms with van der Waals surface area (Å²) in [6.07, 6.45) is 1.52. The van der Waals surface area contributed by atoms with E-state index in [9.17, 15) is 9.18 Å². The monoisotopic (exact) mass is 238 g/mol. The lowest BCUT2D eigenvalue weighted by atomic mass is 10.1. The molecule has 1 aromatic heterocycles. The van der Waals surface area contributed by atoms with Crippen molar-refractivity contribution in [2.75, 3.05) is 0 Å². The Kier molecular flexibility index (Phi) is 2.92. The average molecular weight is 238 g/mol. The van der Waals surface area contributed by atoms with Crippen molar-refractivity contribution < 1.29 is 14.3 Å². The third kappa shape index (κ3) is 1.69. The average Bonchev–Trinajstić information content (AvgIpc) is 2.60. The second-order valence-electron chi connectivity index (χ2n) is 3.58. The second-order valence-corrected chi connectivity index (χ2v) is 4.60. The van der Waals surface area contributed by atoms with Gasteiger partial charge in [0.15, 0.2) is 0 Å². The third-order valence-corrected chi connectivity index (χ3v) is 3.71. The Morgan fingerprint density at radius 3 is 2.88 bits per heavy atom. The summed E-state index contributed by atoms with van der Waals surface area (Å²) >= 11 is 1.02. The van der Waals surface area contributed by atoms with Gasteiger partial charge in [-0.3, -0.25) is 0 Å². The van der Waals surface area contributed by atoms with Gasteiger partial charge in [0.2, 0.25) is 0 Å². The van der Waals surface area contributed by atoms with Crippen molar-refractivity contribution in [3.05, 3.63) is 34.5 Å². The quantitative estimate of drug-likeness (QED) is 0.885. The maximum absolute atomic E-state index is 13.5. The molecule has 0 aliphatic carbocycles. The number of carbonyl (C=O) groups is 1. The lowest BCUT2D eigenvalue weighted by Gasteiger charge is -1.98. The van der Waals surface area contributed by atoms with E-state index in [1.165, 1.54) is 6.07 Å². The van der Waals surface area contributed by atoms with Gasteiger partial charge in [0.05, 0.1) is 4.70 Å². The summed E-state index contributed by atoms with van der Waals surface area (Å²) in [5, 5.41) is 9.81. The topological polar surface area (TPSA) is 37.3 Å². The number of thiophene rings is 1. The normalized spacial score (nSPS) is 10.9. The van der Waals surface area contributed by atoms with Crippen molar-refractivity contribution in [3.8, 4) is 0 Å². The van der Waals surface area contributed by atoms with E-state index >= 15 is 0 Å². The fourth-order valence-corrected chi connectivity index (χ4v) is 2.90. The van der Waals surface area contributed by atoms with Crippen molar-refractivity contribution in [2.24, 2.45) is 0 Å². The van der Waals surface area contributed by atoms with Crippen LogP contribution in [0.25, 0.3) is 10.1 Å². The molecule has 0 atom stereocenters. The predicted molar refractivity (Wildman–Crippen MR) is 62.7 cm³/mol. The number of fused-ring (bicyclic) bond motifs is 1. The van der Waals surface area contributed by atoms with Gasteiger partial charge in [0, 0.05) is 0 Å². The van der Waals surface area contributed by atoms with E-state index in [2.05, 4.69) is 0 Å². The first kappa shape index (κ1) is 11.1. The van der Waals surface area contributed by atoms with Crippen LogP contribution in [0.1, 0.15) is 28.6 Å². The molecule has 0 radical (unpaired) electrons. The van der Waals surface area contributed by atoms with Crippen molar-refractivity contribution >= 4 is 27.4 Å². The largest absolute Gasteiger partial charge is 0.477 e. The molecule has 2 rings (SSSR count). The summed E-state index contributed by atoms with van der Waals surface area (Å²) < 4.78 is 13.9. The number of rotatable bonds is 3. The molecule has 2 nitrogen and oxygen atoms in total. The van der Waals surface area contributed by atoms with Gasteiger partial charge in [-0.05, 0) is 23.4 Å². The molecule has 1 N–H and O–H groups in total. The Morgan fingerprint density at radius 1 is 1.50 bits per heavy atom. The summed E-state index contributed by atoms with van der Waals surface area (Å²) in [6.45, 7) is 1.98. The summed E-state index contributed by atoms with van der Waals surface area (Å²) in [4.78, 5) is 11.3. The van der Waals surface area contributed by atoms with E-state index in [-0.39, 0.29) is 10.7 Å². The molecule has 0 saturated carbocycles. The Bertz CT molecular complexity index is 545. The summed E-state index contributed by atoms with van der Waals surface area (Å²) in [5.41, 5.74) is 0.759. The Hall–Kier alpha value is -1.42.